The molecule has 0 radical (unpaired) electrons. The van der Waals surface area contributed by atoms with Crippen LogP contribution in [0.4, 0.5) is 0 Å². The number of hydrogen-bond donors (Lipinski definition) is 0. The first-order valence-corrected chi connectivity index (χ1v) is 41.0. The number of quaternary nitrogens is 2. The lowest BCUT2D eigenvalue weighted by molar-refractivity contribution is -0.922. The minimum absolute atomic E-state index is 0.768. The van der Waals surface area contributed by atoms with E-state index in [4.69, 9.17) is 18.9 Å². The van der Waals surface area contributed by atoms with Gasteiger partial charge in [0, 0.05) is 17.5 Å². The van der Waals surface area contributed by atoms with Crippen LogP contribution in [0.5, 0.6) is 23.0 Å². The Balaban J connectivity index is 1.93. The number of benzene rings is 2. The highest BCUT2D eigenvalue weighted by Crippen LogP contribution is 2.33. The minimum atomic E-state index is 0.768. The van der Waals surface area contributed by atoms with Crippen LogP contribution in [0.3, 0.4) is 0 Å². The molecule has 0 aliphatic rings. The van der Waals surface area contributed by atoms with E-state index in [1.807, 2.05) is 0 Å². The van der Waals surface area contributed by atoms with Crippen LogP contribution in [-0.2, 0) is 13.1 Å². The molecular formula is C85H160N2O4+2. The second-order valence-corrected chi connectivity index (χ2v) is 30.3. The molecule has 0 unspecified atom stereocenters. The van der Waals surface area contributed by atoms with Gasteiger partial charge in [0.05, 0.1) is 67.7 Å². The third kappa shape index (κ3) is 53.4. The molecule has 6 nitrogen and oxygen atoms in total. The van der Waals surface area contributed by atoms with Crippen molar-refractivity contribution < 1.29 is 27.9 Å². The lowest BCUT2D eigenvalue weighted by Crippen LogP contribution is -2.44. The topological polar surface area (TPSA) is 36.9 Å². The summed E-state index contributed by atoms with van der Waals surface area (Å²) in [4.78, 5) is 0. The predicted octanol–water partition coefficient (Wildman–Crippen LogP) is 27.4. The monoisotopic (exact) mass is 1270 g/mol. The minimum Gasteiger partial charge on any atom is -0.490 e. The lowest BCUT2D eigenvalue weighted by Gasteiger charge is -2.34. The van der Waals surface area contributed by atoms with Crippen LogP contribution in [0, 0.1) is 0 Å². The van der Waals surface area contributed by atoms with Gasteiger partial charge in [-0.1, -0.05) is 362 Å². The van der Waals surface area contributed by atoms with Gasteiger partial charge in [0.25, 0.3) is 0 Å². The molecule has 0 aromatic heterocycles. The van der Waals surface area contributed by atoms with Gasteiger partial charge in [0.15, 0.2) is 23.0 Å². The Bertz CT molecular complexity index is 1700. The van der Waals surface area contributed by atoms with Gasteiger partial charge in [-0.2, -0.15) is 0 Å². The summed E-state index contributed by atoms with van der Waals surface area (Å²) < 4.78 is 28.3. The van der Waals surface area contributed by atoms with Gasteiger partial charge in [0.2, 0.25) is 0 Å². The van der Waals surface area contributed by atoms with Crippen molar-refractivity contribution >= 4 is 0 Å². The summed E-state index contributed by atoms with van der Waals surface area (Å²) in [5.41, 5.74) is 2.68. The van der Waals surface area contributed by atoms with E-state index in [0.717, 1.165) is 117 Å². The zero-order valence-electron chi connectivity index (χ0n) is 63.0. The predicted molar refractivity (Wildman–Crippen MR) is 402 cm³/mol. The molecule has 91 heavy (non-hydrogen) atoms. The second-order valence-electron chi connectivity index (χ2n) is 30.3. The van der Waals surface area contributed by atoms with Crippen LogP contribution in [0.1, 0.15) is 405 Å². The molecule has 0 N–H and O–H groups in total. The third-order valence-corrected chi connectivity index (χ3v) is 19.8. The smallest absolute Gasteiger partial charge is 0.161 e. The van der Waals surface area contributed by atoms with E-state index < -0.39 is 0 Å². The van der Waals surface area contributed by atoms with E-state index in [2.05, 4.69) is 92.3 Å². The Hall–Kier alpha value is -2.44. The third-order valence-electron chi connectivity index (χ3n) is 19.8. The molecule has 0 bridgehead atoms. The summed E-state index contributed by atoms with van der Waals surface area (Å²) in [6.45, 7) is 16.5. The van der Waals surface area contributed by atoms with Gasteiger partial charge < -0.3 is 27.9 Å². The maximum Gasteiger partial charge on any atom is 0.161 e. The van der Waals surface area contributed by atoms with Gasteiger partial charge in [-0.3, -0.25) is 0 Å². The van der Waals surface area contributed by atoms with Crippen molar-refractivity contribution in [2.24, 2.45) is 0 Å². The SMILES string of the molecule is CCCCCCCCCCCCCCCCOc1ccc(C[N+](C)(C)CCC[N+](C)(C)Cc2ccc(OCCCCCCCCCCCCCCCC)c(OCCCCCCCCCCCCCCCC)c2)cc1OCCCCCCCCCCCCCCCC. The van der Waals surface area contributed by atoms with Crippen LogP contribution in [-0.4, -0.2) is 76.7 Å². The standard InChI is InChI=1S/C85H160N2O4/c1-9-13-17-21-25-29-33-37-41-45-49-53-57-61-72-88-82-68-66-80(76-84(82)90-74-63-59-55-51-47-43-39-35-31-27-23-19-15-11-3)78-86(5,6)70-65-71-87(7,8)79-81-67-69-83(89-73-62-58-54-50-46-42-38-34-30-26-22-18-14-10-2)85(77-81)91-75-64-60-56-52-48-44-40-36-32-28-24-20-16-12-4/h66-69,76-77H,9-65,70-75,78-79H2,1-8H3/q+2. The van der Waals surface area contributed by atoms with Gasteiger partial charge in [-0.05, 0) is 62.1 Å². The molecule has 0 fully saturated rings. The molecule has 0 saturated heterocycles. The van der Waals surface area contributed by atoms with Gasteiger partial charge >= 0.3 is 0 Å². The van der Waals surface area contributed by atoms with E-state index in [9.17, 15) is 0 Å². The van der Waals surface area contributed by atoms with E-state index in [1.165, 1.54) is 345 Å². The molecule has 0 heterocycles. The fraction of sp³-hybridized carbons (Fsp3) is 0.859. The van der Waals surface area contributed by atoms with Crippen LogP contribution < -0.4 is 18.9 Å². The fourth-order valence-corrected chi connectivity index (χ4v) is 13.8. The zero-order chi connectivity index (χ0) is 65.5. The van der Waals surface area contributed by atoms with E-state index in [-0.39, 0.29) is 0 Å². The second kappa shape index (κ2) is 62.4. The average Bonchev–Trinajstić information content (AvgIpc) is 1.25. The lowest BCUT2D eigenvalue weighted by atomic mass is 10.0. The van der Waals surface area contributed by atoms with Crippen LogP contribution in [0.25, 0.3) is 0 Å². The van der Waals surface area contributed by atoms with E-state index >= 15 is 0 Å². The molecule has 0 spiro atoms. The molecule has 0 aliphatic heterocycles. The summed E-state index contributed by atoms with van der Waals surface area (Å²) in [5, 5.41) is 0. The number of rotatable bonds is 72. The first-order chi connectivity index (χ1) is 44.6. The quantitative estimate of drug-likeness (QED) is 0.0489. The average molecular weight is 1270 g/mol. The number of hydrogen-bond acceptors (Lipinski definition) is 4. The van der Waals surface area contributed by atoms with Crippen molar-refractivity contribution in [1.29, 1.82) is 0 Å². The van der Waals surface area contributed by atoms with Gasteiger partial charge in [0.1, 0.15) is 13.1 Å². The molecule has 0 atom stereocenters. The van der Waals surface area contributed by atoms with Crippen LogP contribution >= 0.6 is 0 Å². The Morgan fingerprint density at radius 2 is 0.385 bits per heavy atom. The molecule has 2 rings (SSSR count). The summed E-state index contributed by atoms with van der Waals surface area (Å²) in [6.07, 6.45) is 78.0. The highest BCUT2D eigenvalue weighted by molar-refractivity contribution is 5.43. The van der Waals surface area contributed by atoms with Crippen molar-refractivity contribution in [2.45, 2.75) is 407 Å². The Morgan fingerprint density at radius 1 is 0.209 bits per heavy atom. The van der Waals surface area contributed by atoms with Crippen LogP contribution in [0.15, 0.2) is 36.4 Å². The number of unbranched alkanes of at least 4 members (excludes halogenated alkanes) is 52. The van der Waals surface area contributed by atoms with Crippen LogP contribution in [0.2, 0.25) is 0 Å². The molecule has 2 aromatic carbocycles. The molecule has 0 aliphatic carbocycles. The van der Waals surface area contributed by atoms with Crippen molar-refractivity contribution in [2.75, 3.05) is 67.7 Å². The van der Waals surface area contributed by atoms with Crippen molar-refractivity contribution in [3.63, 3.8) is 0 Å². The molecular weight excluding hydrogens is 1110 g/mol. The first-order valence-electron chi connectivity index (χ1n) is 41.0. The fourth-order valence-electron chi connectivity index (χ4n) is 13.8. The van der Waals surface area contributed by atoms with Crippen molar-refractivity contribution in [3.8, 4) is 23.0 Å². The molecule has 6 heteroatoms. The normalized spacial score (nSPS) is 12.0. The summed E-state index contributed by atoms with van der Waals surface area (Å²) in [5.74, 6) is 3.76. The number of nitrogens with zero attached hydrogens (tertiary/aromatic N) is 2. The van der Waals surface area contributed by atoms with Gasteiger partial charge in [-0.15, -0.1) is 0 Å². The van der Waals surface area contributed by atoms with Crippen molar-refractivity contribution in [3.05, 3.63) is 47.5 Å². The summed E-state index contributed by atoms with van der Waals surface area (Å²) in [7, 11) is 9.64. The highest BCUT2D eigenvalue weighted by Gasteiger charge is 2.23. The van der Waals surface area contributed by atoms with E-state index in [1.54, 1.807) is 0 Å². The summed E-state index contributed by atoms with van der Waals surface area (Å²) >= 11 is 0. The summed E-state index contributed by atoms with van der Waals surface area (Å²) in [6, 6.07) is 13.7. The first kappa shape index (κ1) is 84.6. The van der Waals surface area contributed by atoms with E-state index in [0.29, 0.717) is 0 Å². The largest absolute Gasteiger partial charge is 0.490 e. The van der Waals surface area contributed by atoms with Gasteiger partial charge in [-0.25, -0.2) is 0 Å². The Labute approximate surface area is 570 Å². The maximum atomic E-state index is 6.65. The Morgan fingerprint density at radius 3 is 0.582 bits per heavy atom. The maximum absolute atomic E-state index is 6.65. The zero-order valence-corrected chi connectivity index (χ0v) is 63.0. The highest BCUT2D eigenvalue weighted by atomic mass is 16.5. The Kier molecular flexibility index (Phi) is 58.0. The molecule has 0 amide bonds. The molecule has 532 valence electrons. The molecule has 0 saturated carbocycles. The van der Waals surface area contributed by atoms with Crippen molar-refractivity contribution in [1.82, 2.24) is 0 Å². The number of ether oxygens (including phenoxy) is 4. The molecule has 2 aromatic rings.